The second kappa shape index (κ2) is 6.89. The molecule has 0 unspecified atom stereocenters. The van der Waals surface area contributed by atoms with Crippen molar-refractivity contribution >= 4 is 35.8 Å². The van der Waals surface area contributed by atoms with Crippen LogP contribution in [0, 0.1) is 0 Å². The molecule has 96 valence electrons. The number of carbonyl (C=O) groups is 1. The smallest absolute Gasteiger partial charge is 0.243 e. The Morgan fingerprint density at radius 2 is 2.12 bits per heavy atom. The predicted octanol–water partition coefficient (Wildman–Crippen LogP) is 2.90. The third-order valence-electron chi connectivity index (χ3n) is 1.99. The highest BCUT2D eigenvalue weighted by Crippen LogP contribution is 2.21. The molecule has 0 heterocycles. The lowest BCUT2D eigenvalue weighted by Gasteiger charge is -2.18. The number of nitrogens with one attached hydrogen (secondary N) is 1. The third kappa shape index (κ3) is 5.44. The molecule has 0 aliphatic carbocycles. The fourth-order valence-electron chi connectivity index (χ4n) is 1.12. The molecule has 1 aromatic rings. The lowest BCUT2D eigenvalue weighted by Crippen LogP contribution is -2.45. The second-order valence-electron chi connectivity index (χ2n) is 4.14. The molecule has 0 bridgehead atoms. The number of carbonyl (C=O) groups excluding carboxylic acids is 1. The monoisotopic (exact) mass is 274 g/mol. The standard InChI is InChI=1S/C12H18N2OS.ClH/c1-4-16-10-7-5-6-9(8-10)14-11(15)12(2,3)13;/h5-8H,4,13H2,1-3H3,(H,14,15);1H. The Labute approximate surface area is 113 Å². The zero-order valence-corrected chi connectivity index (χ0v) is 12.0. The molecule has 5 heteroatoms. The number of hydrogen-bond donors (Lipinski definition) is 2. The average molecular weight is 275 g/mol. The van der Waals surface area contributed by atoms with Crippen molar-refractivity contribution in [2.24, 2.45) is 5.73 Å². The topological polar surface area (TPSA) is 55.1 Å². The maximum atomic E-state index is 11.7. The van der Waals surface area contributed by atoms with Crippen LogP contribution in [0.25, 0.3) is 0 Å². The lowest BCUT2D eigenvalue weighted by atomic mass is 10.1. The van der Waals surface area contributed by atoms with Crippen LogP contribution in [0.3, 0.4) is 0 Å². The first kappa shape index (κ1) is 16.3. The summed E-state index contributed by atoms with van der Waals surface area (Å²) in [5.74, 6) is 0.839. The Balaban J connectivity index is 0.00000256. The highest BCUT2D eigenvalue weighted by Gasteiger charge is 2.21. The molecule has 0 aromatic heterocycles. The van der Waals surface area contributed by atoms with Gasteiger partial charge in [0.25, 0.3) is 0 Å². The lowest BCUT2D eigenvalue weighted by molar-refractivity contribution is -0.120. The summed E-state index contributed by atoms with van der Waals surface area (Å²) < 4.78 is 0. The summed E-state index contributed by atoms with van der Waals surface area (Å²) >= 11 is 1.74. The predicted molar refractivity (Wildman–Crippen MR) is 77.0 cm³/mol. The van der Waals surface area contributed by atoms with Gasteiger partial charge in [-0.3, -0.25) is 4.79 Å². The van der Waals surface area contributed by atoms with Crippen molar-refractivity contribution < 1.29 is 4.79 Å². The highest BCUT2D eigenvalue weighted by molar-refractivity contribution is 7.99. The van der Waals surface area contributed by atoms with Crippen LogP contribution in [-0.4, -0.2) is 17.2 Å². The van der Waals surface area contributed by atoms with E-state index in [9.17, 15) is 4.79 Å². The SMILES string of the molecule is CCSc1cccc(NC(=O)C(C)(C)N)c1.Cl. The van der Waals surface area contributed by atoms with Crippen molar-refractivity contribution in [3.05, 3.63) is 24.3 Å². The average Bonchev–Trinajstić information content (AvgIpc) is 2.17. The Kier molecular flexibility index (Phi) is 6.60. The van der Waals surface area contributed by atoms with Crippen LogP contribution in [0.2, 0.25) is 0 Å². The first-order valence-corrected chi connectivity index (χ1v) is 6.25. The molecule has 3 N–H and O–H groups in total. The minimum atomic E-state index is -0.853. The molecule has 1 amide bonds. The van der Waals surface area contributed by atoms with Gasteiger partial charge in [-0.25, -0.2) is 0 Å². The van der Waals surface area contributed by atoms with Gasteiger partial charge in [-0.05, 0) is 37.8 Å². The van der Waals surface area contributed by atoms with Gasteiger partial charge in [0.1, 0.15) is 0 Å². The summed E-state index contributed by atoms with van der Waals surface area (Å²) in [4.78, 5) is 12.8. The molecule has 0 radical (unpaired) electrons. The number of anilines is 1. The number of benzene rings is 1. The van der Waals surface area contributed by atoms with E-state index < -0.39 is 5.54 Å². The van der Waals surface area contributed by atoms with E-state index in [0.717, 1.165) is 16.3 Å². The summed E-state index contributed by atoms with van der Waals surface area (Å²) in [5.41, 5.74) is 5.65. The fourth-order valence-corrected chi connectivity index (χ4v) is 1.84. The molecule has 1 aromatic carbocycles. The number of nitrogens with two attached hydrogens (primary N) is 1. The largest absolute Gasteiger partial charge is 0.324 e. The van der Waals surface area contributed by atoms with Crippen LogP contribution in [0.15, 0.2) is 29.2 Å². The van der Waals surface area contributed by atoms with Crippen LogP contribution in [0.1, 0.15) is 20.8 Å². The minimum Gasteiger partial charge on any atom is -0.324 e. The van der Waals surface area contributed by atoms with E-state index >= 15 is 0 Å². The van der Waals surface area contributed by atoms with E-state index in [1.165, 1.54) is 0 Å². The van der Waals surface area contributed by atoms with Crippen molar-refractivity contribution in [3.8, 4) is 0 Å². The van der Waals surface area contributed by atoms with Gasteiger partial charge >= 0.3 is 0 Å². The van der Waals surface area contributed by atoms with Crippen LogP contribution in [-0.2, 0) is 4.79 Å². The minimum absolute atomic E-state index is 0. The normalized spacial score (nSPS) is 10.6. The maximum absolute atomic E-state index is 11.7. The van der Waals surface area contributed by atoms with Crippen molar-refractivity contribution in [2.75, 3.05) is 11.1 Å². The van der Waals surface area contributed by atoms with E-state index in [2.05, 4.69) is 12.2 Å². The molecule has 0 saturated heterocycles. The molecule has 0 fully saturated rings. The number of amides is 1. The van der Waals surface area contributed by atoms with E-state index in [1.54, 1.807) is 25.6 Å². The van der Waals surface area contributed by atoms with Crippen molar-refractivity contribution in [1.82, 2.24) is 0 Å². The summed E-state index contributed by atoms with van der Waals surface area (Å²) in [6, 6.07) is 7.77. The van der Waals surface area contributed by atoms with Crippen molar-refractivity contribution in [3.63, 3.8) is 0 Å². The highest BCUT2D eigenvalue weighted by atomic mass is 35.5. The molecule has 0 atom stereocenters. The molecule has 0 aliphatic rings. The Bertz CT molecular complexity index is 377. The third-order valence-corrected chi connectivity index (χ3v) is 2.86. The Hall–Kier alpha value is -0.710. The first-order chi connectivity index (χ1) is 7.43. The molecule has 0 aliphatic heterocycles. The number of hydrogen-bond acceptors (Lipinski definition) is 3. The zero-order chi connectivity index (χ0) is 12.2. The van der Waals surface area contributed by atoms with Crippen LogP contribution >= 0.6 is 24.2 Å². The number of thioether (sulfide) groups is 1. The second-order valence-corrected chi connectivity index (χ2v) is 5.47. The van der Waals surface area contributed by atoms with Gasteiger partial charge in [0.2, 0.25) is 5.91 Å². The Morgan fingerprint density at radius 1 is 1.47 bits per heavy atom. The molecule has 1 rings (SSSR count). The summed E-state index contributed by atoms with van der Waals surface area (Å²) in [6.45, 7) is 5.47. The number of halogens is 1. The molecule has 17 heavy (non-hydrogen) atoms. The molecular weight excluding hydrogens is 256 g/mol. The Morgan fingerprint density at radius 3 is 2.65 bits per heavy atom. The molecule has 3 nitrogen and oxygen atoms in total. The van der Waals surface area contributed by atoms with Crippen molar-refractivity contribution in [2.45, 2.75) is 31.2 Å². The van der Waals surface area contributed by atoms with Gasteiger partial charge in [0, 0.05) is 10.6 Å². The molecular formula is C12H19ClN2OS. The van der Waals surface area contributed by atoms with Gasteiger partial charge < -0.3 is 11.1 Å². The van der Waals surface area contributed by atoms with Crippen LogP contribution < -0.4 is 11.1 Å². The van der Waals surface area contributed by atoms with Crippen LogP contribution in [0.5, 0.6) is 0 Å². The quantitative estimate of drug-likeness (QED) is 0.830. The molecule has 0 saturated carbocycles. The summed E-state index contributed by atoms with van der Waals surface area (Å²) in [7, 11) is 0. The van der Waals surface area contributed by atoms with Gasteiger partial charge in [-0.15, -0.1) is 24.2 Å². The summed E-state index contributed by atoms with van der Waals surface area (Å²) in [5, 5.41) is 2.80. The van der Waals surface area contributed by atoms with E-state index in [1.807, 2.05) is 24.3 Å². The number of rotatable bonds is 4. The summed E-state index contributed by atoms with van der Waals surface area (Å²) in [6.07, 6.45) is 0. The van der Waals surface area contributed by atoms with E-state index in [4.69, 9.17) is 5.73 Å². The van der Waals surface area contributed by atoms with E-state index in [-0.39, 0.29) is 18.3 Å². The van der Waals surface area contributed by atoms with Gasteiger partial charge in [0.05, 0.1) is 5.54 Å². The van der Waals surface area contributed by atoms with Gasteiger partial charge in [-0.2, -0.15) is 0 Å². The maximum Gasteiger partial charge on any atom is 0.243 e. The molecule has 0 spiro atoms. The zero-order valence-electron chi connectivity index (χ0n) is 10.3. The van der Waals surface area contributed by atoms with Gasteiger partial charge in [0.15, 0.2) is 0 Å². The first-order valence-electron chi connectivity index (χ1n) is 5.26. The van der Waals surface area contributed by atoms with E-state index in [0.29, 0.717) is 0 Å². The van der Waals surface area contributed by atoms with Crippen molar-refractivity contribution in [1.29, 1.82) is 0 Å². The van der Waals surface area contributed by atoms with Gasteiger partial charge in [-0.1, -0.05) is 13.0 Å². The van der Waals surface area contributed by atoms with Crippen LogP contribution in [0.4, 0.5) is 5.69 Å². The fraction of sp³-hybridized carbons (Fsp3) is 0.417.